The average molecular weight is 492 g/mol. The molecule has 2 atom stereocenters. The minimum absolute atomic E-state index is 0.0356. The zero-order valence-electron chi connectivity index (χ0n) is 18.6. The van der Waals surface area contributed by atoms with Crippen LogP contribution in [0, 0.1) is 16.0 Å². The summed E-state index contributed by atoms with van der Waals surface area (Å²) in [6, 6.07) is 8.52. The zero-order chi connectivity index (χ0) is 25.0. The average Bonchev–Trinajstić information content (AvgIpc) is 3.21. The van der Waals surface area contributed by atoms with Crippen LogP contribution in [0.4, 0.5) is 17.1 Å². The largest absolute Gasteiger partial charge is 0.497 e. The highest BCUT2D eigenvalue weighted by atomic mass is 35.5. The van der Waals surface area contributed by atoms with Crippen molar-refractivity contribution in [1.82, 2.24) is 0 Å². The maximum Gasteiger partial charge on any atom is 0.312 e. The van der Waals surface area contributed by atoms with Crippen molar-refractivity contribution in [2.24, 2.45) is 5.92 Å². The molecule has 0 spiro atoms. The molecule has 1 aliphatic rings. The Labute approximate surface area is 199 Å². The molecule has 0 radical (unpaired) electrons. The molecule has 2 amide bonds. The highest BCUT2D eigenvalue weighted by Gasteiger charge is 2.38. The second-order valence-electron chi connectivity index (χ2n) is 7.43. The lowest BCUT2D eigenvalue weighted by molar-refractivity contribution is -0.384. The van der Waals surface area contributed by atoms with Gasteiger partial charge in [-0.1, -0.05) is 11.6 Å². The molecule has 34 heavy (non-hydrogen) atoms. The summed E-state index contributed by atoms with van der Waals surface area (Å²) in [5, 5.41) is 13.2. The van der Waals surface area contributed by atoms with Crippen LogP contribution in [0.3, 0.4) is 0 Å². The Bertz CT molecular complexity index is 1140. The van der Waals surface area contributed by atoms with E-state index in [-0.39, 0.29) is 35.3 Å². The van der Waals surface area contributed by atoms with Crippen molar-refractivity contribution in [2.75, 3.05) is 31.0 Å². The SMILES string of the molecule is COc1ccc(N2CC(C(=O)OC(C)C(=O)Nc3ccc([N+](=O)[O-])cc3Cl)CC2=O)c(OC)c1. The second-order valence-corrected chi connectivity index (χ2v) is 7.84. The Balaban J connectivity index is 1.63. The smallest absolute Gasteiger partial charge is 0.312 e. The number of methoxy groups -OCH3 is 2. The van der Waals surface area contributed by atoms with Crippen molar-refractivity contribution >= 4 is 46.4 Å². The molecule has 0 aromatic heterocycles. The zero-order valence-corrected chi connectivity index (χ0v) is 19.3. The monoisotopic (exact) mass is 491 g/mol. The summed E-state index contributed by atoms with van der Waals surface area (Å²) in [5.41, 5.74) is 0.391. The Morgan fingerprint density at radius 1 is 1.21 bits per heavy atom. The van der Waals surface area contributed by atoms with E-state index in [4.69, 9.17) is 25.8 Å². The molecule has 180 valence electrons. The van der Waals surface area contributed by atoms with E-state index >= 15 is 0 Å². The predicted octanol–water partition coefficient (Wildman–Crippen LogP) is 3.19. The number of rotatable bonds is 8. The van der Waals surface area contributed by atoms with E-state index in [0.717, 1.165) is 6.07 Å². The van der Waals surface area contributed by atoms with Gasteiger partial charge in [0.15, 0.2) is 6.10 Å². The normalized spacial score (nSPS) is 16.1. The van der Waals surface area contributed by atoms with Gasteiger partial charge in [-0.2, -0.15) is 0 Å². The van der Waals surface area contributed by atoms with Crippen molar-refractivity contribution < 1.29 is 33.5 Å². The fourth-order valence-corrected chi connectivity index (χ4v) is 3.61. The van der Waals surface area contributed by atoms with Crippen LogP contribution in [0.25, 0.3) is 0 Å². The third-order valence-electron chi connectivity index (χ3n) is 5.22. The molecule has 2 aromatic rings. The summed E-state index contributed by atoms with van der Waals surface area (Å²) in [6.45, 7) is 1.43. The van der Waals surface area contributed by atoms with E-state index in [0.29, 0.717) is 17.2 Å². The number of halogens is 1. The molecule has 1 heterocycles. The van der Waals surface area contributed by atoms with Gasteiger partial charge < -0.3 is 24.4 Å². The first kappa shape index (κ1) is 24.8. The van der Waals surface area contributed by atoms with Crippen molar-refractivity contribution in [3.63, 3.8) is 0 Å². The second kappa shape index (κ2) is 10.4. The summed E-state index contributed by atoms with van der Waals surface area (Å²) < 4.78 is 15.8. The molecule has 1 aliphatic heterocycles. The van der Waals surface area contributed by atoms with Crippen molar-refractivity contribution in [1.29, 1.82) is 0 Å². The Morgan fingerprint density at radius 3 is 2.56 bits per heavy atom. The number of amides is 2. The molecule has 3 rings (SSSR count). The third-order valence-corrected chi connectivity index (χ3v) is 5.53. The standard InChI is InChI=1S/C22H22ClN3O8/c1-12(21(28)24-17-6-4-14(26(30)31)9-16(17)23)34-22(29)13-8-20(27)25(11-13)18-7-5-15(32-2)10-19(18)33-3/h4-7,9-10,12-13H,8,11H2,1-3H3,(H,24,28). The highest BCUT2D eigenvalue weighted by Crippen LogP contribution is 2.36. The number of nitro groups is 1. The number of hydrogen-bond acceptors (Lipinski definition) is 8. The topological polar surface area (TPSA) is 137 Å². The molecular weight excluding hydrogens is 470 g/mol. The van der Waals surface area contributed by atoms with Crippen LogP contribution in [0.5, 0.6) is 11.5 Å². The summed E-state index contributed by atoms with van der Waals surface area (Å²) in [6.07, 6.45) is -1.28. The number of anilines is 2. The van der Waals surface area contributed by atoms with Crippen LogP contribution in [0.1, 0.15) is 13.3 Å². The van der Waals surface area contributed by atoms with Crippen LogP contribution in [0.2, 0.25) is 5.02 Å². The van der Waals surface area contributed by atoms with E-state index in [1.807, 2.05) is 0 Å². The van der Waals surface area contributed by atoms with Crippen molar-refractivity contribution in [3.8, 4) is 11.5 Å². The van der Waals surface area contributed by atoms with Gasteiger partial charge in [-0.25, -0.2) is 0 Å². The molecule has 1 fully saturated rings. The fourth-order valence-electron chi connectivity index (χ4n) is 3.38. The lowest BCUT2D eigenvalue weighted by Gasteiger charge is -2.20. The summed E-state index contributed by atoms with van der Waals surface area (Å²) in [5.74, 6) is -1.49. The molecule has 11 nitrogen and oxygen atoms in total. The molecule has 0 saturated carbocycles. The Morgan fingerprint density at radius 2 is 1.94 bits per heavy atom. The minimum atomic E-state index is -1.20. The Hall–Kier alpha value is -3.86. The van der Waals surface area contributed by atoms with Crippen LogP contribution >= 0.6 is 11.6 Å². The van der Waals surface area contributed by atoms with E-state index in [1.54, 1.807) is 18.2 Å². The van der Waals surface area contributed by atoms with Crippen LogP contribution in [-0.4, -0.2) is 49.6 Å². The highest BCUT2D eigenvalue weighted by molar-refractivity contribution is 6.34. The van der Waals surface area contributed by atoms with E-state index in [1.165, 1.54) is 38.2 Å². The van der Waals surface area contributed by atoms with Gasteiger partial charge in [0.05, 0.1) is 41.5 Å². The van der Waals surface area contributed by atoms with Crippen molar-refractivity contribution in [2.45, 2.75) is 19.4 Å². The lowest BCUT2D eigenvalue weighted by Crippen LogP contribution is -2.33. The summed E-state index contributed by atoms with van der Waals surface area (Å²) in [7, 11) is 2.97. The Kier molecular flexibility index (Phi) is 7.57. The van der Waals surface area contributed by atoms with E-state index in [9.17, 15) is 24.5 Å². The van der Waals surface area contributed by atoms with Gasteiger partial charge in [0, 0.05) is 31.2 Å². The van der Waals surface area contributed by atoms with Gasteiger partial charge >= 0.3 is 5.97 Å². The van der Waals surface area contributed by atoms with E-state index < -0.39 is 28.8 Å². The molecule has 2 aromatic carbocycles. The number of esters is 1. The summed E-state index contributed by atoms with van der Waals surface area (Å²) >= 11 is 5.98. The first-order valence-corrected chi connectivity index (χ1v) is 10.5. The molecule has 2 unspecified atom stereocenters. The number of nitrogens with one attached hydrogen (secondary N) is 1. The fraction of sp³-hybridized carbons (Fsp3) is 0.318. The van der Waals surface area contributed by atoms with Crippen LogP contribution in [0.15, 0.2) is 36.4 Å². The first-order valence-electron chi connectivity index (χ1n) is 10.1. The van der Waals surface area contributed by atoms with Crippen LogP contribution < -0.4 is 19.7 Å². The summed E-state index contributed by atoms with van der Waals surface area (Å²) in [4.78, 5) is 49.3. The molecule has 1 N–H and O–H groups in total. The van der Waals surface area contributed by atoms with Gasteiger partial charge in [0.25, 0.3) is 11.6 Å². The van der Waals surface area contributed by atoms with Gasteiger partial charge in [0.2, 0.25) is 5.91 Å². The van der Waals surface area contributed by atoms with Gasteiger partial charge in [0.1, 0.15) is 11.5 Å². The van der Waals surface area contributed by atoms with E-state index in [2.05, 4.69) is 5.32 Å². The van der Waals surface area contributed by atoms with Crippen LogP contribution in [-0.2, 0) is 19.1 Å². The number of benzene rings is 2. The number of carbonyl (C=O) groups excluding carboxylic acids is 3. The van der Waals surface area contributed by atoms with Gasteiger partial charge in [-0.15, -0.1) is 0 Å². The van der Waals surface area contributed by atoms with Gasteiger partial charge in [-0.3, -0.25) is 24.5 Å². The van der Waals surface area contributed by atoms with Gasteiger partial charge in [-0.05, 0) is 25.1 Å². The molecule has 12 heteroatoms. The molecule has 0 aliphatic carbocycles. The number of nitrogens with zero attached hydrogens (tertiary/aromatic N) is 2. The lowest BCUT2D eigenvalue weighted by atomic mass is 10.1. The number of ether oxygens (including phenoxy) is 3. The number of hydrogen-bond donors (Lipinski definition) is 1. The minimum Gasteiger partial charge on any atom is -0.497 e. The van der Waals surface area contributed by atoms with Crippen molar-refractivity contribution in [3.05, 3.63) is 51.5 Å². The number of nitro benzene ring substituents is 1. The maximum absolute atomic E-state index is 12.6. The quantitative estimate of drug-likeness (QED) is 0.337. The third kappa shape index (κ3) is 5.37. The predicted molar refractivity (Wildman–Crippen MR) is 122 cm³/mol. The molecule has 1 saturated heterocycles. The molecular formula is C22H22ClN3O8. The first-order chi connectivity index (χ1) is 16.1. The molecule has 0 bridgehead atoms. The number of non-ortho nitro benzene ring substituents is 1. The maximum atomic E-state index is 12.6. The number of carbonyl (C=O) groups is 3.